The van der Waals surface area contributed by atoms with Gasteiger partial charge in [-0.25, -0.2) is 9.97 Å². The summed E-state index contributed by atoms with van der Waals surface area (Å²) in [5.74, 6) is 2.27. The van der Waals surface area contributed by atoms with Gasteiger partial charge in [-0.05, 0) is 51.2 Å². The molecule has 0 N–H and O–H groups in total. The Kier molecular flexibility index (Phi) is 5.74. The summed E-state index contributed by atoms with van der Waals surface area (Å²) in [6.07, 6.45) is 5.07. The van der Waals surface area contributed by atoms with Crippen LogP contribution in [0.4, 0.5) is 0 Å². The molecule has 4 aromatic rings. The normalized spacial score (nSPS) is 19.6. The summed E-state index contributed by atoms with van der Waals surface area (Å²) in [6.45, 7) is 1.74. The Morgan fingerprint density at radius 2 is 1.12 bits per heavy atom. The van der Waals surface area contributed by atoms with Gasteiger partial charge in [0.25, 0.3) is 0 Å². The third kappa shape index (κ3) is 3.82. The highest BCUT2D eigenvalue weighted by Gasteiger charge is 2.32. The summed E-state index contributed by atoms with van der Waals surface area (Å²) in [7, 11) is 8.81. The first-order valence-corrected chi connectivity index (χ1v) is 11.7. The van der Waals surface area contributed by atoms with Crippen molar-refractivity contribution in [3.8, 4) is 0 Å². The van der Waals surface area contributed by atoms with E-state index in [-0.39, 0.29) is 0 Å². The smallest absolute Gasteiger partial charge is 0.123 e. The second-order valence-electron chi connectivity index (χ2n) is 9.40. The highest BCUT2D eigenvalue weighted by molar-refractivity contribution is 5.76. The third-order valence-corrected chi connectivity index (χ3v) is 7.37. The van der Waals surface area contributed by atoms with Crippen molar-refractivity contribution in [3.63, 3.8) is 0 Å². The van der Waals surface area contributed by atoms with Crippen LogP contribution in [0.1, 0.15) is 37.3 Å². The summed E-state index contributed by atoms with van der Waals surface area (Å²) >= 11 is 0. The molecule has 0 radical (unpaired) electrons. The molecule has 2 aromatic heterocycles. The molecule has 6 heteroatoms. The molecule has 2 atom stereocenters. The number of benzene rings is 2. The van der Waals surface area contributed by atoms with Crippen LogP contribution in [0, 0.1) is 0 Å². The Morgan fingerprint density at radius 1 is 0.719 bits per heavy atom. The first-order valence-electron chi connectivity index (χ1n) is 11.7. The highest BCUT2D eigenvalue weighted by Crippen LogP contribution is 2.28. The quantitative estimate of drug-likeness (QED) is 0.456. The molecule has 1 fully saturated rings. The van der Waals surface area contributed by atoms with Gasteiger partial charge < -0.3 is 9.13 Å². The molecule has 2 heterocycles. The second-order valence-corrected chi connectivity index (χ2v) is 9.40. The van der Waals surface area contributed by atoms with Gasteiger partial charge in [0.1, 0.15) is 11.6 Å². The highest BCUT2D eigenvalue weighted by atomic mass is 15.3. The zero-order chi connectivity index (χ0) is 22.2. The first kappa shape index (κ1) is 21.2. The van der Waals surface area contributed by atoms with Crippen LogP contribution in [0.25, 0.3) is 22.1 Å². The number of aromatic nitrogens is 4. The van der Waals surface area contributed by atoms with E-state index in [9.17, 15) is 0 Å². The molecule has 2 aromatic carbocycles. The van der Waals surface area contributed by atoms with Crippen LogP contribution < -0.4 is 0 Å². The van der Waals surface area contributed by atoms with Crippen LogP contribution in [-0.2, 0) is 27.2 Å². The molecule has 0 unspecified atom stereocenters. The average molecular weight is 431 g/mol. The van der Waals surface area contributed by atoms with Crippen molar-refractivity contribution in [3.05, 3.63) is 60.2 Å². The van der Waals surface area contributed by atoms with Gasteiger partial charge in [0.15, 0.2) is 0 Å². The maximum Gasteiger partial charge on any atom is 0.123 e. The predicted molar refractivity (Wildman–Crippen MR) is 130 cm³/mol. The van der Waals surface area contributed by atoms with E-state index in [1.54, 1.807) is 0 Å². The van der Waals surface area contributed by atoms with Gasteiger partial charge in [-0.15, -0.1) is 0 Å². The fourth-order valence-electron chi connectivity index (χ4n) is 5.47. The predicted octanol–water partition coefficient (Wildman–Crippen LogP) is 4.34. The largest absolute Gasteiger partial charge is 0.330 e. The molecular weight excluding hydrogens is 396 g/mol. The number of hydrogen-bond acceptors (Lipinski definition) is 4. The summed E-state index contributed by atoms with van der Waals surface area (Å²) in [5, 5.41) is 0. The number of rotatable bonds is 6. The van der Waals surface area contributed by atoms with E-state index in [1.807, 2.05) is 0 Å². The van der Waals surface area contributed by atoms with Crippen molar-refractivity contribution in [1.82, 2.24) is 28.9 Å². The number of para-hydroxylation sites is 4. The number of imidazole rings is 2. The Hall–Kier alpha value is -2.70. The Morgan fingerprint density at radius 3 is 1.53 bits per heavy atom. The lowest BCUT2D eigenvalue weighted by atomic mass is 9.88. The summed E-state index contributed by atoms with van der Waals surface area (Å²) in [4.78, 5) is 14.9. The second kappa shape index (κ2) is 8.68. The molecule has 1 saturated carbocycles. The molecule has 0 bridgehead atoms. The summed E-state index contributed by atoms with van der Waals surface area (Å²) in [5.41, 5.74) is 4.57. The van der Waals surface area contributed by atoms with Crippen molar-refractivity contribution >= 4 is 22.1 Å². The number of aryl methyl sites for hydroxylation is 2. The lowest BCUT2D eigenvalue weighted by molar-refractivity contribution is 0.0658. The Bertz CT molecular complexity index is 1130. The van der Waals surface area contributed by atoms with Crippen molar-refractivity contribution in [2.75, 3.05) is 14.1 Å². The number of likely N-dealkylation sites (N-methyl/N-ethyl adjacent to an activating group) is 2. The van der Waals surface area contributed by atoms with E-state index >= 15 is 0 Å². The lowest BCUT2D eigenvalue weighted by Crippen LogP contribution is -2.50. The molecule has 0 aliphatic heterocycles. The minimum absolute atomic E-state index is 0.517. The van der Waals surface area contributed by atoms with Gasteiger partial charge >= 0.3 is 0 Å². The van der Waals surface area contributed by atoms with E-state index in [1.165, 1.54) is 36.7 Å². The van der Waals surface area contributed by atoms with Crippen LogP contribution in [0.5, 0.6) is 0 Å². The maximum atomic E-state index is 4.91. The van der Waals surface area contributed by atoms with Crippen molar-refractivity contribution < 1.29 is 0 Å². The number of fused-ring (bicyclic) bond motifs is 2. The van der Waals surface area contributed by atoms with Crippen molar-refractivity contribution in [2.24, 2.45) is 14.1 Å². The monoisotopic (exact) mass is 430 g/mol. The van der Waals surface area contributed by atoms with Crippen LogP contribution in [0.15, 0.2) is 48.5 Å². The summed E-state index contributed by atoms with van der Waals surface area (Å²) in [6, 6.07) is 17.9. The molecule has 5 rings (SSSR count). The zero-order valence-electron chi connectivity index (χ0n) is 19.7. The van der Waals surface area contributed by atoms with Crippen molar-refractivity contribution in [2.45, 2.75) is 50.9 Å². The SMILES string of the molecule is CN(Cc1nc2ccccc2n1C)[C@H]1CCCC[C@@H]1N(C)Cc1nc2ccccc2n1C. The first-order chi connectivity index (χ1) is 15.5. The lowest BCUT2D eigenvalue weighted by Gasteiger charge is -2.42. The van der Waals surface area contributed by atoms with E-state index < -0.39 is 0 Å². The fourth-order valence-corrected chi connectivity index (χ4v) is 5.47. The summed E-state index contributed by atoms with van der Waals surface area (Å²) < 4.78 is 4.49. The van der Waals surface area contributed by atoms with E-state index in [2.05, 4.69) is 95.7 Å². The molecule has 1 aliphatic carbocycles. The van der Waals surface area contributed by atoms with Crippen LogP contribution in [0.2, 0.25) is 0 Å². The maximum absolute atomic E-state index is 4.91. The van der Waals surface area contributed by atoms with Crippen LogP contribution >= 0.6 is 0 Å². The average Bonchev–Trinajstić information content (AvgIpc) is 3.30. The number of nitrogens with zero attached hydrogens (tertiary/aromatic N) is 6. The van der Waals surface area contributed by atoms with Gasteiger partial charge in [0, 0.05) is 26.2 Å². The molecule has 32 heavy (non-hydrogen) atoms. The van der Waals surface area contributed by atoms with Gasteiger partial charge in [0.2, 0.25) is 0 Å². The van der Waals surface area contributed by atoms with Gasteiger partial charge in [-0.1, -0.05) is 37.1 Å². The van der Waals surface area contributed by atoms with E-state index in [0.29, 0.717) is 12.1 Å². The molecule has 0 amide bonds. The third-order valence-electron chi connectivity index (χ3n) is 7.37. The standard InChI is InChI=1S/C26H34N6/c1-29(17-25-27-19-11-5-7-13-21(19)31(25)3)23-15-9-10-16-24(23)30(2)18-26-28-20-12-6-8-14-22(20)32(26)4/h5-8,11-14,23-24H,9-10,15-18H2,1-4H3/t23-,24-/m0/s1. The van der Waals surface area contributed by atoms with E-state index in [4.69, 9.17) is 9.97 Å². The molecule has 168 valence electrons. The van der Waals surface area contributed by atoms with Gasteiger partial charge in [-0.2, -0.15) is 0 Å². The number of hydrogen-bond donors (Lipinski definition) is 0. The molecular formula is C26H34N6. The fraction of sp³-hybridized carbons (Fsp3) is 0.462. The van der Waals surface area contributed by atoms with Crippen LogP contribution in [-0.4, -0.2) is 55.1 Å². The van der Waals surface area contributed by atoms with Gasteiger partial charge in [0.05, 0.1) is 35.2 Å². The molecule has 0 saturated heterocycles. The van der Waals surface area contributed by atoms with Crippen LogP contribution in [0.3, 0.4) is 0 Å². The minimum atomic E-state index is 0.517. The topological polar surface area (TPSA) is 42.1 Å². The van der Waals surface area contributed by atoms with E-state index in [0.717, 1.165) is 35.8 Å². The van der Waals surface area contributed by atoms with Gasteiger partial charge in [-0.3, -0.25) is 9.80 Å². The Balaban J connectivity index is 1.34. The molecule has 6 nitrogen and oxygen atoms in total. The minimum Gasteiger partial charge on any atom is -0.330 e. The Labute approximate surface area is 190 Å². The molecule has 0 spiro atoms. The van der Waals surface area contributed by atoms with Crippen molar-refractivity contribution in [1.29, 1.82) is 0 Å². The zero-order valence-corrected chi connectivity index (χ0v) is 19.7. The molecule has 1 aliphatic rings.